The molecule has 10 heteroatoms. The highest BCUT2D eigenvalue weighted by Crippen LogP contribution is 2.64. The van der Waals surface area contributed by atoms with Crippen LogP contribution < -0.4 is 14.8 Å². The van der Waals surface area contributed by atoms with Crippen LogP contribution in [0.1, 0.15) is 67.6 Å². The first-order valence-electron chi connectivity index (χ1n) is 17.1. The number of benzene rings is 3. The number of carbonyl (C=O) groups is 2. The first-order chi connectivity index (χ1) is 23.9. The van der Waals surface area contributed by atoms with E-state index in [9.17, 15) is 9.59 Å². The van der Waals surface area contributed by atoms with E-state index >= 15 is 4.39 Å². The zero-order valence-electron chi connectivity index (χ0n) is 27.0. The van der Waals surface area contributed by atoms with Crippen LogP contribution in [0.3, 0.4) is 0 Å². The number of fused-ring (bicyclic) bond motifs is 6. The molecule has 0 radical (unpaired) electrons. The number of nitrogens with zero attached hydrogens (tertiary/aromatic N) is 2. The number of epoxide rings is 1. The lowest BCUT2D eigenvalue weighted by atomic mass is 9.63. The maximum Gasteiger partial charge on any atom is 0.265 e. The van der Waals surface area contributed by atoms with Crippen molar-refractivity contribution in [3.63, 3.8) is 0 Å². The van der Waals surface area contributed by atoms with Gasteiger partial charge in [-0.3, -0.25) is 14.5 Å². The third-order valence-electron chi connectivity index (χ3n) is 11.6. The standard InChI is InChI=1S/C39H34FN3O6/c1-43-13-12-22-17-41-32-30(33(22)43)31(40)25-15-23-14-24-16-26-29(38(42-49-26)47-19-21-10-6-3-7-11-21)36(45)39(24)37(48-39)27(23)34(44)28(25)35(32)46-18-20-8-4-2-5-9-20/h2-11,22-24,33,41H,12-19H2,1H3/t22?,23?,24-,33?,39+/m0/s1. The second-order valence-corrected chi connectivity index (χ2v) is 14.3. The quantitative estimate of drug-likeness (QED) is 0.241. The molecule has 2 saturated heterocycles. The normalized spacial score (nSPS) is 27.4. The molecule has 3 aliphatic heterocycles. The van der Waals surface area contributed by atoms with Crippen LogP contribution in [0.5, 0.6) is 11.6 Å². The minimum Gasteiger partial charge on any atom is -0.486 e. The Morgan fingerprint density at radius 3 is 2.49 bits per heavy atom. The van der Waals surface area contributed by atoms with Crippen molar-refractivity contribution in [1.29, 1.82) is 0 Å². The summed E-state index contributed by atoms with van der Waals surface area (Å²) in [6.07, 6.45) is 2.19. The van der Waals surface area contributed by atoms with Gasteiger partial charge in [-0.25, -0.2) is 4.39 Å². The number of hydrogen-bond acceptors (Lipinski definition) is 9. The third-order valence-corrected chi connectivity index (χ3v) is 11.6. The summed E-state index contributed by atoms with van der Waals surface area (Å²) in [6.45, 7) is 2.00. The molecule has 4 aromatic rings. The van der Waals surface area contributed by atoms with Crippen LogP contribution in [0.25, 0.3) is 0 Å². The molecule has 3 unspecified atom stereocenters. The third kappa shape index (κ3) is 4.10. The van der Waals surface area contributed by atoms with Crippen LogP contribution in [-0.2, 0) is 30.8 Å². The van der Waals surface area contributed by atoms with Gasteiger partial charge in [0.05, 0.1) is 11.3 Å². The summed E-state index contributed by atoms with van der Waals surface area (Å²) in [5, 5.41) is 7.60. The Balaban J connectivity index is 1.05. The summed E-state index contributed by atoms with van der Waals surface area (Å²) in [4.78, 5) is 31.3. The van der Waals surface area contributed by atoms with Crippen molar-refractivity contribution in [2.45, 2.75) is 50.5 Å². The van der Waals surface area contributed by atoms with Gasteiger partial charge < -0.3 is 24.1 Å². The topological polar surface area (TPSA) is 106 Å². The Labute approximate surface area is 282 Å². The summed E-state index contributed by atoms with van der Waals surface area (Å²) in [6, 6.07) is 19.3. The number of nitrogens with one attached hydrogen (secondary N) is 1. The molecule has 1 aromatic heterocycles. The smallest absolute Gasteiger partial charge is 0.265 e. The van der Waals surface area contributed by atoms with Gasteiger partial charge in [0.15, 0.2) is 23.1 Å². The summed E-state index contributed by atoms with van der Waals surface area (Å²) in [5.41, 5.74) is 3.13. The lowest BCUT2D eigenvalue weighted by Crippen LogP contribution is -2.44. The van der Waals surface area contributed by atoms with E-state index in [1.807, 2.05) is 67.7 Å². The Hall–Kier alpha value is -4.96. The van der Waals surface area contributed by atoms with Crippen LogP contribution in [0.15, 0.2) is 76.5 Å². The highest BCUT2D eigenvalue weighted by atomic mass is 19.1. The minimum atomic E-state index is -1.27. The van der Waals surface area contributed by atoms with Gasteiger partial charge >= 0.3 is 0 Å². The number of allylic oxidation sites excluding steroid dienone is 1. The van der Waals surface area contributed by atoms with Crippen LogP contribution in [0.4, 0.5) is 10.1 Å². The number of aromatic nitrogens is 1. The van der Waals surface area contributed by atoms with Gasteiger partial charge in [-0.05, 0) is 61.0 Å². The maximum absolute atomic E-state index is 17.0. The molecule has 2 fully saturated rings. The number of ketones is 2. The van der Waals surface area contributed by atoms with Crippen molar-refractivity contribution in [3.8, 4) is 11.6 Å². The van der Waals surface area contributed by atoms with Gasteiger partial charge in [0.25, 0.3) is 5.88 Å². The van der Waals surface area contributed by atoms with Crippen molar-refractivity contribution >= 4 is 17.3 Å². The molecular weight excluding hydrogens is 625 g/mol. The molecule has 248 valence electrons. The number of ether oxygens (including phenoxy) is 3. The van der Waals surface area contributed by atoms with E-state index in [1.54, 1.807) is 0 Å². The lowest BCUT2D eigenvalue weighted by Gasteiger charge is -2.39. The van der Waals surface area contributed by atoms with Crippen LogP contribution >= 0.6 is 0 Å². The highest BCUT2D eigenvalue weighted by Gasteiger charge is 2.72. The Morgan fingerprint density at radius 2 is 1.73 bits per heavy atom. The van der Waals surface area contributed by atoms with Crippen LogP contribution in [-0.4, -0.2) is 47.4 Å². The van der Waals surface area contributed by atoms with E-state index in [-0.39, 0.29) is 71.4 Å². The number of Topliss-reactive ketones (excluding diaryl/α,β-unsaturated/α-hetero) is 2. The lowest BCUT2D eigenvalue weighted by molar-refractivity contribution is 0.0734. The summed E-state index contributed by atoms with van der Waals surface area (Å²) < 4.78 is 41.5. The molecule has 3 aromatic carbocycles. The molecule has 0 saturated carbocycles. The van der Waals surface area contributed by atoms with E-state index in [0.717, 1.165) is 24.1 Å². The van der Waals surface area contributed by atoms with Crippen molar-refractivity contribution in [2.24, 2.45) is 17.8 Å². The zero-order valence-corrected chi connectivity index (χ0v) is 27.0. The molecular formula is C39H34FN3O6. The molecule has 0 amide bonds. The van der Waals surface area contributed by atoms with Gasteiger partial charge in [0.2, 0.25) is 11.4 Å². The van der Waals surface area contributed by atoms with E-state index in [4.69, 9.17) is 18.7 Å². The summed E-state index contributed by atoms with van der Waals surface area (Å²) in [5.74, 6) is 0.133. The van der Waals surface area contributed by atoms with Crippen molar-refractivity contribution in [3.05, 3.63) is 117 Å². The second-order valence-electron chi connectivity index (χ2n) is 14.3. The SMILES string of the molecule is CN1CCC2CNc3c(OCc4ccccc4)c4c(c(F)c3C21)CC1C[C@H]2Cc3onc(OCc5ccccc5)c3C(=O)[C@]23OC3=C1C4=O. The fraction of sp³-hybridized carbons (Fsp3) is 0.359. The molecule has 6 aliphatic rings. The van der Waals surface area contributed by atoms with Crippen molar-refractivity contribution in [2.75, 3.05) is 25.5 Å². The second kappa shape index (κ2) is 10.5. The number of rotatable bonds is 6. The van der Waals surface area contributed by atoms with Crippen LogP contribution in [0, 0.1) is 23.6 Å². The predicted octanol–water partition coefficient (Wildman–Crippen LogP) is 6.23. The Bertz CT molecular complexity index is 2090. The molecule has 0 bridgehead atoms. The highest BCUT2D eigenvalue weighted by molar-refractivity contribution is 6.18. The molecule has 49 heavy (non-hydrogen) atoms. The zero-order chi connectivity index (χ0) is 33.0. The molecule has 10 rings (SSSR count). The molecule has 5 atom stereocenters. The monoisotopic (exact) mass is 659 g/mol. The van der Waals surface area contributed by atoms with Gasteiger partial charge in [0, 0.05) is 41.6 Å². The molecule has 4 heterocycles. The Morgan fingerprint density at radius 1 is 1.00 bits per heavy atom. The predicted molar refractivity (Wildman–Crippen MR) is 175 cm³/mol. The van der Waals surface area contributed by atoms with Crippen molar-refractivity contribution < 1.29 is 32.7 Å². The van der Waals surface area contributed by atoms with E-state index in [1.165, 1.54) is 0 Å². The maximum atomic E-state index is 17.0. The summed E-state index contributed by atoms with van der Waals surface area (Å²) >= 11 is 0. The van der Waals surface area contributed by atoms with Crippen LogP contribution in [0.2, 0.25) is 0 Å². The number of hydrogen-bond donors (Lipinski definition) is 1. The van der Waals surface area contributed by atoms with Crippen molar-refractivity contribution in [1.82, 2.24) is 10.1 Å². The Kier molecular flexibility index (Phi) is 6.23. The molecule has 1 N–H and O–H groups in total. The van der Waals surface area contributed by atoms with Gasteiger partial charge in [-0.1, -0.05) is 60.7 Å². The van der Waals surface area contributed by atoms with E-state index in [2.05, 4.69) is 15.4 Å². The number of anilines is 1. The van der Waals surface area contributed by atoms with E-state index < -0.39 is 5.60 Å². The molecule has 9 nitrogen and oxygen atoms in total. The number of carbonyl (C=O) groups excluding carboxylic acids is 2. The minimum absolute atomic E-state index is 0.0969. The fourth-order valence-electron chi connectivity index (χ4n) is 9.25. The number of likely N-dealkylation sites (tertiary alicyclic amines) is 1. The van der Waals surface area contributed by atoms with Gasteiger partial charge in [-0.15, -0.1) is 0 Å². The van der Waals surface area contributed by atoms with Gasteiger partial charge in [-0.2, -0.15) is 0 Å². The average molecular weight is 660 g/mol. The fourth-order valence-corrected chi connectivity index (χ4v) is 9.25. The largest absolute Gasteiger partial charge is 0.486 e. The first kappa shape index (κ1) is 29.0. The molecule has 1 spiro atoms. The first-order valence-corrected chi connectivity index (χ1v) is 17.1. The summed E-state index contributed by atoms with van der Waals surface area (Å²) in [7, 11) is 2.04. The molecule has 3 aliphatic carbocycles. The van der Waals surface area contributed by atoms with E-state index in [0.29, 0.717) is 65.5 Å². The van der Waals surface area contributed by atoms with Gasteiger partial charge in [0.1, 0.15) is 24.6 Å². The average Bonchev–Trinajstić information content (AvgIpc) is 3.58. The number of halogens is 1.